The van der Waals surface area contributed by atoms with E-state index >= 15 is 0 Å². The predicted molar refractivity (Wildman–Crippen MR) is 70.7 cm³/mol. The fourth-order valence-corrected chi connectivity index (χ4v) is 2.03. The number of carbonyl (C=O) groups excluding carboxylic acids is 1. The minimum atomic E-state index is 0.0324. The van der Waals surface area contributed by atoms with Crippen LogP contribution in [0.1, 0.15) is 28.4 Å². The fourth-order valence-electron chi connectivity index (χ4n) is 1.84. The Labute approximate surface area is 106 Å². The lowest BCUT2D eigenvalue weighted by atomic mass is 9.97. The van der Waals surface area contributed by atoms with Crippen LogP contribution in [0.15, 0.2) is 48.5 Å². The maximum absolute atomic E-state index is 12.3. The third-order valence-electron chi connectivity index (χ3n) is 2.73. The van der Waals surface area contributed by atoms with Crippen LogP contribution in [0.25, 0.3) is 0 Å². The van der Waals surface area contributed by atoms with Crippen molar-refractivity contribution in [2.24, 2.45) is 0 Å². The van der Waals surface area contributed by atoms with Gasteiger partial charge in [-0.2, -0.15) is 0 Å². The van der Waals surface area contributed by atoms with Crippen molar-refractivity contribution in [3.8, 4) is 0 Å². The highest BCUT2D eigenvalue weighted by molar-refractivity contribution is 6.31. The molecule has 2 aromatic rings. The molecule has 1 nitrogen and oxygen atoms in total. The summed E-state index contributed by atoms with van der Waals surface area (Å²) in [6.45, 7) is 2.05. The first-order valence-electron chi connectivity index (χ1n) is 5.60. The van der Waals surface area contributed by atoms with Crippen molar-refractivity contribution >= 4 is 17.4 Å². The van der Waals surface area contributed by atoms with Gasteiger partial charge >= 0.3 is 0 Å². The molecule has 0 aliphatic heterocycles. The van der Waals surface area contributed by atoms with Gasteiger partial charge in [0, 0.05) is 16.1 Å². The molecule has 0 saturated heterocycles. The standard InChI is InChI=1S/C15H13ClO/c1-2-11-6-3-4-9-14(11)15(17)12-7-5-8-13(16)10-12/h3-10H,2H2,1H3. The van der Waals surface area contributed by atoms with E-state index in [2.05, 4.69) is 0 Å². The lowest BCUT2D eigenvalue weighted by molar-refractivity contribution is 0.103. The first kappa shape index (κ1) is 11.9. The lowest BCUT2D eigenvalue weighted by Gasteiger charge is -2.06. The Kier molecular flexibility index (Phi) is 3.60. The molecule has 2 heteroatoms. The summed E-state index contributed by atoms with van der Waals surface area (Å²) in [6, 6.07) is 14.7. The van der Waals surface area contributed by atoms with Crippen LogP contribution in [-0.4, -0.2) is 5.78 Å². The molecule has 0 heterocycles. The number of ketones is 1. The number of halogens is 1. The normalized spacial score (nSPS) is 10.2. The second-order valence-corrected chi connectivity index (χ2v) is 4.29. The zero-order valence-electron chi connectivity index (χ0n) is 9.61. The first-order chi connectivity index (χ1) is 8.22. The number of hydrogen-bond acceptors (Lipinski definition) is 1. The van der Waals surface area contributed by atoms with E-state index in [1.165, 1.54) is 0 Å². The van der Waals surface area contributed by atoms with Crippen molar-refractivity contribution in [2.75, 3.05) is 0 Å². The Bertz CT molecular complexity index is 546. The summed E-state index contributed by atoms with van der Waals surface area (Å²) in [5.74, 6) is 0.0324. The van der Waals surface area contributed by atoms with Crippen molar-refractivity contribution < 1.29 is 4.79 Å². The molecule has 0 amide bonds. The monoisotopic (exact) mass is 244 g/mol. The molecule has 0 spiro atoms. The molecule has 0 fully saturated rings. The van der Waals surface area contributed by atoms with Gasteiger partial charge in [0.1, 0.15) is 0 Å². The first-order valence-corrected chi connectivity index (χ1v) is 5.98. The molecule has 2 rings (SSSR count). The summed E-state index contributed by atoms with van der Waals surface area (Å²) in [6.07, 6.45) is 0.850. The Hall–Kier alpha value is -1.60. The van der Waals surface area contributed by atoms with Gasteiger partial charge in [0.15, 0.2) is 5.78 Å². The van der Waals surface area contributed by atoms with Crippen molar-refractivity contribution in [3.05, 3.63) is 70.2 Å². The third-order valence-corrected chi connectivity index (χ3v) is 2.96. The SMILES string of the molecule is CCc1ccccc1C(=O)c1cccc(Cl)c1. The molecular formula is C15H13ClO. The van der Waals surface area contributed by atoms with E-state index in [0.29, 0.717) is 10.6 Å². The Balaban J connectivity index is 2.44. The molecule has 0 aliphatic carbocycles. The molecule has 0 N–H and O–H groups in total. The van der Waals surface area contributed by atoms with Gasteiger partial charge in [0.2, 0.25) is 0 Å². The highest BCUT2D eigenvalue weighted by atomic mass is 35.5. The average Bonchev–Trinajstić information content (AvgIpc) is 2.38. The molecule has 0 aliphatic rings. The lowest BCUT2D eigenvalue weighted by Crippen LogP contribution is -2.04. The molecule has 17 heavy (non-hydrogen) atoms. The predicted octanol–water partition coefficient (Wildman–Crippen LogP) is 4.13. The highest BCUT2D eigenvalue weighted by Crippen LogP contribution is 2.17. The van der Waals surface area contributed by atoms with E-state index in [4.69, 9.17) is 11.6 Å². The van der Waals surface area contributed by atoms with Gasteiger partial charge < -0.3 is 0 Å². The summed E-state index contributed by atoms with van der Waals surface area (Å²) >= 11 is 5.90. The topological polar surface area (TPSA) is 17.1 Å². The number of carbonyl (C=O) groups is 1. The molecular weight excluding hydrogens is 232 g/mol. The molecule has 86 valence electrons. The quantitative estimate of drug-likeness (QED) is 0.742. The van der Waals surface area contributed by atoms with Crippen molar-refractivity contribution in [1.29, 1.82) is 0 Å². The van der Waals surface area contributed by atoms with Crippen molar-refractivity contribution in [1.82, 2.24) is 0 Å². The minimum absolute atomic E-state index is 0.0324. The van der Waals surface area contributed by atoms with Gasteiger partial charge in [-0.25, -0.2) is 0 Å². The summed E-state index contributed by atoms with van der Waals surface area (Å²) in [5, 5.41) is 0.588. The Morgan fingerprint density at radius 3 is 2.59 bits per heavy atom. The van der Waals surface area contributed by atoms with Gasteiger partial charge in [-0.05, 0) is 24.1 Å². The Morgan fingerprint density at radius 2 is 1.88 bits per heavy atom. The molecule has 0 bridgehead atoms. The van der Waals surface area contributed by atoms with Gasteiger partial charge in [0.25, 0.3) is 0 Å². The van der Waals surface area contributed by atoms with E-state index in [9.17, 15) is 4.79 Å². The van der Waals surface area contributed by atoms with Crippen LogP contribution in [0.5, 0.6) is 0 Å². The van der Waals surface area contributed by atoms with E-state index in [-0.39, 0.29) is 5.78 Å². The number of rotatable bonds is 3. The number of hydrogen-bond donors (Lipinski definition) is 0. The maximum atomic E-state index is 12.3. The Morgan fingerprint density at radius 1 is 1.12 bits per heavy atom. The number of aryl methyl sites for hydroxylation is 1. The van der Waals surface area contributed by atoms with E-state index < -0.39 is 0 Å². The van der Waals surface area contributed by atoms with E-state index in [0.717, 1.165) is 17.5 Å². The molecule has 2 aromatic carbocycles. The zero-order chi connectivity index (χ0) is 12.3. The van der Waals surface area contributed by atoms with E-state index in [1.54, 1.807) is 24.3 Å². The van der Waals surface area contributed by atoms with Gasteiger partial charge in [0.05, 0.1) is 0 Å². The smallest absolute Gasteiger partial charge is 0.193 e. The van der Waals surface area contributed by atoms with Gasteiger partial charge in [-0.15, -0.1) is 0 Å². The summed E-state index contributed by atoms with van der Waals surface area (Å²) in [7, 11) is 0. The zero-order valence-corrected chi connectivity index (χ0v) is 10.4. The van der Waals surface area contributed by atoms with Crippen LogP contribution < -0.4 is 0 Å². The highest BCUT2D eigenvalue weighted by Gasteiger charge is 2.12. The van der Waals surface area contributed by atoms with E-state index in [1.807, 2.05) is 31.2 Å². The minimum Gasteiger partial charge on any atom is -0.289 e. The molecule has 0 radical (unpaired) electrons. The summed E-state index contributed by atoms with van der Waals surface area (Å²) < 4.78 is 0. The van der Waals surface area contributed by atoms with Crippen LogP contribution in [0, 0.1) is 0 Å². The number of benzene rings is 2. The van der Waals surface area contributed by atoms with Crippen LogP contribution in [0.3, 0.4) is 0 Å². The maximum Gasteiger partial charge on any atom is 0.193 e. The third kappa shape index (κ3) is 2.56. The van der Waals surface area contributed by atoms with Crippen molar-refractivity contribution in [2.45, 2.75) is 13.3 Å². The molecule has 0 unspecified atom stereocenters. The van der Waals surface area contributed by atoms with Crippen LogP contribution >= 0.6 is 11.6 Å². The van der Waals surface area contributed by atoms with Crippen LogP contribution in [0.2, 0.25) is 5.02 Å². The summed E-state index contributed by atoms with van der Waals surface area (Å²) in [5.41, 5.74) is 2.47. The van der Waals surface area contributed by atoms with Gasteiger partial charge in [-0.1, -0.05) is 54.9 Å². The molecule has 0 atom stereocenters. The van der Waals surface area contributed by atoms with Crippen LogP contribution in [0.4, 0.5) is 0 Å². The second-order valence-electron chi connectivity index (χ2n) is 3.85. The van der Waals surface area contributed by atoms with Crippen molar-refractivity contribution in [3.63, 3.8) is 0 Å². The molecule has 0 aromatic heterocycles. The van der Waals surface area contributed by atoms with Crippen LogP contribution in [-0.2, 0) is 6.42 Å². The molecule has 0 saturated carbocycles. The summed E-state index contributed by atoms with van der Waals surface area (Å²) in [4.78, 5) is 12.3. The largest absolute Gasteiger partial charge is 0.289 e. The fraction of sp³-hybridized carbons (Fsp3) is 0.133. The second kappa shape index (κ2) is 5.15. The average molecular weight is 245 g/mol. The van der Waals surface area contributed by atoms with Gasteiger partial charge in [-0.3, -0.25) is 4.79 Å².